The van der Waals surface area contributed by atoms with E-state index in [9.17, 15) is 9.90 Å². The molecule has 1 saturated heterocycles. The highest BCUT2D eigenvalue weighted by atomic mass is 16.5. The van der Waals surface area contributed by atoms with E-state index in [-0.39, 0.29) is 25.5 Å². The first-order valence-corrected chi connectivity index (χ1v) is 8.01. The van der Waals surface area contributed by atoms with Crippen LogP contribution in [0.2, 0.25) is 0 Å². The zero-order chi connectivity index (χ0) is 17.0. The molecule has 1 unspecified atom stereocenters. The molecule has 1 aromatic carbocycles. The van der Waals surface area contributed by atoms with Gasteiger partial charge in [0.25, 0.3) is 0 Å². The fourth-order valence-corrected chi connectivity index (χ4v) is 2.74. The van der Waals surface area contributed by atoms with Crippen LogP contribution in [0.1, 0.15) is 24.6 Å². The molecular weight excluding hydrogens is 310 g/mol. The van der Waals surface area contributed by atoms with Crippen molar-refractivity contribution in [2.24, 2.45) is 0 Å². The highest BCUT2D eigenvalue weighted by molar-refractivity contribution is 5.76. The second-order valence-electron chi connectivity index (χ2n) is 6.13. The van der Waals surface area contributed by atoms with Gasteiger partial charge in [-0.2, -0.15) is 4.98 Å². The molecule has 1 aliphatic rings. The molecule has 1 atom stereocenters. The van der Waals surface area contributed by atoms with Crippen LogP contribution in [0.4, 0.5) is 0 Å². The third kappa shape index (κ3) is 4.11. The molecule has 7 nitrogen and oxygen atoms in total. The first-order chi connectivity index (χ1) is 11.5. The van der Waals surface area contributed by atoms with Crippen LogP contribution >= 0.6 is 0 Å². The van der Waals surface area contributed by atoms with E-state index in [0.29, 0.717) is 36.9 Å². The van der Waals surface area contributed by atoms with Crippen molar-refractivity contribution < 1.29 is 19.2 Å². The third-order valence-corrected chi connectivity index (χ3v) is 4.06. The Bertz CT molecular complexity index is 688. The molecule has 1 aliphatic heterocycles. The number of para-hydroxylation sites is 1. The number of carbonyl (C=O) groups is 1. The Morgan fingerprint density at radius 1 is 1.42 bits per heavy atom. The van der Waals surface area contributed by atoms with Gasteiger partial charge < -0.3 is 19.3 Å². The Labute approximate surface area is 140 Å². The van der Waals surface area contributed by atoms with Crippen molar-refractivity contribution in [3.63, 3.8) is 0 Å². The summed E-state index contributed by atoms with van der Waals surface area (Å²) in [4.78, 5) is 18.0. The number of hydrogen-bond donors (Lipinski definition) is 1. The average Bonchev–Trinajstić information content (AvgIpc) is 3.18. The molecular formula is C17H21N3O4. The molecule has 2 heterocycles. The predicted molar refractivity (Wildman–Crippen MR) is 85.4 cm³/mol. The Kier molecular flexibility index (Phi) is 4.80. The number of amides is 1. The average molecular weight is 331 g/mol. The molecule has 1 aromatic heterocycles. The zero-order valence-corrected chi connectivity index (χ0v) is 13.6. The van der Waals surface area contributed by atoms with E-state index in [1.165, 1.54) is 0 Å². The maximum atomic E-state index is 12.3. The second-order valence-corrected chi connectivity index (χ2v) is 6.13. The maximum Gasteiger partial charge on any atom is 0.227 e. The van der Waals surface area contributed by atoms with Gasteiger partial charge in [-0.15, -0.1) is 0 Å². The van der Waals surface area contributed by atoms with Gasteiger partial charge >= 0.3 is 0 Å². The number of rotatable bonds is 6. The highest BCUT2D eigenvalue weighted by Crippen LogP contribution is 2.23. The number of nitrogens with zero attached hydrogens (tertiary/aromatic N) is 3. The van der Waals surface area contributed by atoms with Gasteiger partial charge in [0.2, 0.25) is 11.8 Å². The van der Waals surface area contributed by atoms with Gasteiger partial charge in [0.15, 0.2) is 5.82 Å². The normalized spacial score (nSPS) is 20.3. The standard InChI is InChI=1S/C17H21N3O4/c1-13-18-15(24-19-13)7-8-16(21)20-10-9-17(22,11-20)12-23-14-5-3-2-4-6-14/h2-6,22H,7-12H2,1H3. The van der Waals surface area contributed by atoms with Gasteiger partial charge in [-0.1, -0.05) is 23.4 Å². The van der Waals surface area contributed by atoms with E-state index in [0.717, 1.165) is 0 Å². The number of carbonyl (C=O) groups excluding carboxylic acids is 1. The topological polar surface area (TPSA) is 88.7 Å². The fourth-order valence-electron chi connectivity index (χ4n) is 2.74. The molecule has 2 aromatic rings. The van der Waals surface area contributed by atoms with Crippen molar-refractivity contribution in [1.82, 2.24) is 15.0 Å². The lowest BCUT2D eigenvalue weighted by atomic mass is 10.1. The monoisotopic (exact) mass is 331 g/mol. The van der Waals surface area contributed by atoms with Gasteiger partial charge in [0.1, 0.15) is 18.0 Å². The summed E-state index contributed by atoms with van der Waals surface area (Å²) >= 11 is 0. The summed E-state index contributed by atoms with van der Waals surface area (Å²) in [6.07, 6.45) is 1.21. The molecule has 1 N–H and O–H groups in total. The van der Waals surface area contributed by atoms with E-state index >= 15 is 0 Å². The molecule has 1 amide bonds. The number of aromatic nitrogens is 2. The Morgan fingerprint density at radius 3 is 2.92 bits per heavy atom. The Hall–Kier alpha value is -2.41. The number of benzene rings is 1. The van der Waals surface area contributed by atoms with Crippen molar-refractivity contribution in [3.05, 3.63) is 42.0 Å². The molecule has 0 aliphatic carbocycles. The molecule has 24 heavy (non-hydrogen) atoms. The van der Waals surface area contributed by atoms with Gasteiger partial charge in [-0.25, -0.2) is 0 Å². The van der Waals surface area contributed by atoms with Gasteiger partial charge in [-0.3, -0.25) is 4.79 Å². The van der Waals surface area contributed by atoms with E-state index in [1.54, 1.807) is 11.8 Å². The zero-order valence-electron chi connectivity index (χ0n) is 13.6. The van der Waals surface area contributed by atoms with Crippen molar-refractivity contribution >= 4 is 5.91 Å². The number of likely N-dealkylation sites (tertiary alicyclic amines) is 1. The third-order valence-electron chi connectivity index (χ3n) is 4.06. The van der Waals surface area contributed by atoms with Crippen LogP contribution in [-0.4, -0.2) is 51.4 Å². The summed E-state index contributed by atoms with van der Waals surface area (Å²) in [6.45, 7) is 2.71. The number of β-amino-alcohol motifs (C(OH)–C–C–N with tert-alkyl or cyclic N) is 1. The van der Waals surface area contributed by atoms with Gasteiger partial charge in [0, 0.05) is 19.4 Å². The van der Waals surface area contributed by atoms with E-state index < -0.39 is 5.60 Å². The molecule has 0 spiro atoms. The van der Waals surface area contributed by atoms with Crippen LogP contribution in [0.3, 0.4) is 0 Å². The van der Waals surface area contributed by atoms with Crippen LogP contribution in [0.25, 0.3) is 0 Å². The van der Waals surface area contributed by atoms with Crippen LogP contribution < -0.4 is 4.74 Å². The number of aliphatic hydroxyl groups is 1. The molecule has 3 rings (SSSR count). The fraction of sp³-hybridized carbons (Fsp3) is 0.471. The summed E-state index contributed by atoms with van der Waals surface area (Å²) in [5.74, 6) is 1.71. The van der Waals surface area contributed by atoms with Gasteiger partial charge in [-0.05, 0) is 25.5 Å². The predicted octanol–water partition coefficient (Wildman–Crippen LogP) is 1.35. The van der Waals surface area contributed by atoms with Crippen molar-refractivity contribution in [3.8, 4) is 5.75 Å². The quantitative estimate of drug-likeness (QED) is 0.859. The largest absolute Gasteiger partial charge is 0.491 e. The minimum atomic E-state index is -1.01. The van der Waals surface area contributed by atoms with E-state index in [2.05, 4.69) is 10.1 Å². The van der Waals surface area contributed by atoms with E-state index in [1.807, 2.05) is 30.3 Å². The second kappa shape index (κ2) is 7.00. The number of hydrogen-bond acceptors (Lipinski definition) is 6. The van der Waals surface area contributed by atoms with Crippen LogP contribution in [0.15, 0.2) is 34.9 Å². The highest BCUT2D eigenvalue weighted by Gasteiger charge is 2.38. The van der Waals surface area contributed by atoms with Crippen LogP contribution in [0.5, 0.6) is 5.75 Å². The van der Waals surface area contributed by atoms with Crippen LogP contribution in [-0.2, 0) is 11.2 Å². The SMILES string of the molecule is Cc1noc(CCC(=O)N2CCC(O)(COc3ccccc3)C2)n1. The number of ether oxygens (including phenoxy) is 1. The van der Waals surface area contributed by atoms with Crippen molar-refractivity contribution in [2.75, 3.05) is 19.7 Å². The van der Waals surface area contributed by atoms with Crippen LogP contribution in [0, 0.1) is 6.92 Å². The molecule has 0 saturated carbocycles. The summed E-state index contributed by atoms with van der Waals surface area (Å²) < 4.78 is 10.6. The molecule has 1 fully saturated rings. The van der Waals surface area contributed by atoms with Gasteiger partial charge in [0.05, 0.1) is 6.54 Å². The maximum absolute atomic E-state index is 12.3. The minimum Gasteiger partial charge on any atom is -0.491 e. The summed E-state index contributed by atoms with van der Waals surface area (Å²) in [6, 6.07) is 9.34. The first kappa shape index (κ1) is 16.4. The molecule has 0 radical (unpaired) electrons. The summed E-state index contributed by atoms with van der Waals surface area (Å²) in [5, 5.41) is 14.3. The van der Waals surface area contributed by atoms with Crippen molar-refractivity contribution in [1.29, 1.82) is 0 Å². The Morgan fingerprint density at radius 2 is 2.21 bits per heavy atom. The minimum absolute atomic E-state index is 0.0264. The first-order valence-electron chi connectivity index (χ1n) is 8.01. The lowest BCUT2D eigenvalue weighted by Crippen LogP contribution is -2.40. The van der Waals surface area contributed by atoms with E-state index in [4.69, 9.17) is 9.26 Å². The molecule has 128 valence electrons. The van der Waals surface area contributed by atoms with Crippen molar-refractivity contribution in [2.45, 2.75) is 31.8 Å². The lowest BCUT2D eigenvalue weighted by Gasteiger charge is -2.23. The number of aryl methyl sites for hydroxylation is 2. The summed E-state index contributed by atoms with van der Waals surface area (Å²) in [7, 11) is 0. The molecule has 7 heteroatoms. The Balaban J connectivity index is 1.47. The smallest absolute Gasteiger partial charge is 0.227 e. The lowest BCUT2D eigenvalue weighted by molar-refractivity contribution is -0.131. The summed E-state index contributed by atoms with van der Waals surface area (Å²) in [5.41, 5.74) is -1.01. The molecule has 0 bridgehead atoms.